The van der Waals surface area contributed by atoms with Crippen LogP contribution in [0.5, 0.6) is 0 Å². The standard InChI is InChI=1S/C13H14ClN3O/c1-2-5-16-6-8-17(9-7-16)13(18)11-10-15-4-3-12(11)14/h1,3-4,10H,5-9H2. The molecule has 1 aliphatic heterocycles. The number of nitrogens with zero attached hydrogens (tertiary/aromatic N) is 3. The zero-order valence-electron chi connectivity index (χ0n) is 9.97. The summed E-state index contributed by atoms with van der Waals surface area (Å²) in [5, 5.41) is 0.445. The van der Waals surface area contributed by atoms with E-state index in [1.165, 1.54) is 6.20 Å². The molecule has 5 heteroatoms. The van der Waals surface area contributed by atoms with E-state index in [4.69, 9.17) is 18.0 Å². The highest BCUT2D eigenvalue weighted by Gasteiger charge is 2.23. The van der Waals surface area contributed by atoms with E-state index in [-0.39, 0.29) is 5.91 Å². The summed E-state index contributed by atoms with van der Waals surface area (Å²) in [5.74, 6) is 2.55. The molecule has 0 spiro atoms. The highest BCUT2D eigenvalue weighted by Crippen LogP contribution is 2.16. The monoisotopic (exact) mass is 263 g/mol. The number of halogens is 1. The Morgan fingerprint density at radius 1 is 1.44 bits per heavy atom. The third-order valence-corrected chi connectivity index (χ3v) is 3.30. The second-order valence-corrected chi connectivity index (χ2v) is 4.54. The van der Waals surface area contributed by atoms with Crippen LogP contribution in [-0.2, 0) is 0 Å². The first-order valence-electron chi connectivity index (χ1n) is 5.77. The van der Waals surface area contributed by atoms with Crippen molar-refractivity contribution in [2.45, 2.75) is 0 Å². The molecule has 0 bridgehead atoms. The molecule has 2 heterocycles. The Kier molecular flexibility index (Phi) is 4.19. The molecule has 0 N–H and O–H groups in total. The minimum Gasteiger partial charge on any atom is -0.336 e. The van der Waals surface area contributed by atoms with Crippen LogP contribution in [0.25, 0.3) is 0 Å². The molecular formula is C13H14ClN3O. The van der Waals surface area contributed by atoms with E-state index in [1.807, 2.05) is 0 Å². The van der Waals surface area contributed by atoms with Gasteiger partial charge in [-0.1, -0.05) is 17.5 Å². The molecule has 1 aromatic rings. The van der Waals surface area contributed by atoms with Crippen molar-refractivity contribution in [2.75, 3.05) is 32.7 Å². The average molecular weight is 264 g/mol. The molecule has 0 aliphatic carbocycles. The molecule has 94 valence electrons. The number of hydrogen-bond donors (Lipinski definition) is 0. The number of carbonyl (C=O) groups is 1. The minimum absolute atomic E-state index is 0.0616. The lowest BCUT2D eigenvalue weighted by molar-refractivity contribution is 0.0652. The summed E-state index contributed by atoms with van der Waals surface area (Å²) in [6.07, 6.45) is 8.35. The zero-order chi connectivity index (χ0) is 13.0. The summed E-state index contributed by atoms with van der Waals surface area (Å²) in [7, 11) is 0. The van der Waals surface area contributed by atoms with Crippen LogP contribution < -0.4 is 0 Å². The molecule has 4 nitrogen and oxygen atoms in total. The highest BCUT2D eigenvalue weighted by molar-refractivity contribution is 6.33. The highest BCUT2D eigenvalue weighted by atomic mass is 35.5. The molecule has 0 radical (unpaired) electrons. The van der Waals surface area contributed by atoms with E-state index in [0.717, 1.165) is 13.1 Å². The van der Waals surface area contributed by atoms with Crippen molar-refractivity contribution in [3.63, 3.8) is 0 Å². The Balaban J connectivity index is 2.00. The van der Waals surface area contributed by atoms with Gasteiger partial charge in [-0.25, -0.2) is 0 Å². The molecule has 1 saturated heterocycles. The smallest absolute Gasteiger partial charge is 0.257 e. The van der Waals surface area contributed by atoms with Crippen LogP contribution in [0, 0.1) is 12.3 Å². The lowest BCUT2D eigenvalue weighted by Gasteiger charge is -2.33. The second-order valence-electron chi connectivity index (χ2n) is 4.13. The largest absolute Gasteiger partial charge is 0.336 e. The van der Waals surface area contributed by atoms with Gasteiger partial charge in [0.2, 0.25) is 0 Å². The molecule has 1 amide bonds. The fraction of sp³-hybridized carbons (Fsp3) is 0.385. The predicted molar refractivity (Wildman–Crippen MR) is 70.4 cm³/mol. The van der Waals surface area contributed by atoms with Gasteiger partial charge in [-0.15, -0.1) is 6.42 Å². The molecule has 0 atom stereocenters. The Hall–Kier alpha value is -1.57. The summed E-state index contributed by atoms with van der Waals surface area (Å²) < 4.78 is 0. The van der Waals surface area contributed by atoms with E-state index in [1.54, 1.807) is 17.2 Å². The molecular weight excluding hydrogens is 250 g/mol. The van der Waals surface area contributed by atoms with Crippen molar-refractivity contribution >= 4 is 17.5 Å². The van der Waals surface area contributed by atoms with Gasteiger partial charge in [0.15, 0.2) is 0 Å². The van der Waals surface area contributed by atoms with Crippen molar-refractivity contribution in [1.29, 1.82) is 0 Å². The molecule has 0 unspecified atom stereocenters. The Morgan fingerprint density at radius 3 is 2.78 bits per heavy atom. The summed E-state index contributed by atoms with van der Waals surface area (Å²) >= 11 is 5.99. The van der Waals surface area contributed by atoms with Crippen LogP contribution in [0.15, 0.2) is 18.5 Å². The van der Waals surface area contributed by atoms with Gasteiger partial charge in [0.25, 0.3) is 5.91 Å². The number of terminal acetylenes is 1. The maximum absolute atomic E-state index is 12.2. The van der Waals surface area contributed by atoms with Crippen LogP contribution >= 0.6 is 11.6 Å². The Morgan fingerprint density at radius 2 is 2.17 bits per heavy atom. The summed E-state index contributed by atoms with van der Waals surface area (Å²) in [6.45, 7) is 3.58. The van der Waals surface area contributed by atoms with Crippen molar-refractivity contribution in [3.8, 4) is 12.3 Å². The molecule has 1 aromatic heterocycles. The molecule has 18 heavy (non-hydrogen) atoms. The fourth-order valence-corrected chi connectivity index (χ4v) is 2.13. The van der Waals surface area contributed by atoms with Gasteiger partial charge in [0.05, 0.1) is 17.1 Å². The van der Waals surface area contributed by atoms with Gasteiger partial charge in [-0.3, -0.25) is 14.7 Å². The number of amides is 1. The number of hydrogen-bond acceptors (Lipinski definition) is 3. The van der Waals surface area contributed by atoms with Crippen molar-refractivity contribution < 1.29 is 4.79 Å². The maximum atomic E-state index is 12.2. The lowest BCUT2D eigenvalue weighted by Crippen LogP contribution is -2.48. The van der Waals surface area contributed by atoms with E-state index >= 15 is 0 Å². The SMILES string of the molecule is C#CCN1CCN(C(=O)c2cnccc2Cl)CC1. The zero-order valence-corrected chi connectivity index (χ0v) is 10.7. The van der Waals surface area contributed by atoms with Crippen molar-refractivity contribution in [3.05, 3.63) is 29.0 Å². The van der Waals surface area contributed by atoms with Gasteiger partial charge in [-0.05, 0) is 6.07 Å². The number of aromatic nitrogens is 1. The Bertz CT molecular complexity index is 475. The summed E-state index contributed by atoms with van der Waals surface area (Å²) in [5.41, 5.74) is 0.463. The van der Waals surface area contributed by atoms with Crippen LogP contribution in [0.3, 0.4) is 0 Å². The number of rotatable bonds is 2. The molecule has 0 saturated carbocycles. The summed E-state index contributed by atoms with van der Waals surface area (Å²) in [4.78, 5) is 20.1. The third kappa shape index (κ3) is 2.81. The van der Waals surface area contributed by atoms with E-state index in [0.29, 0.717) is 30.2 Å². The first-order chi connectivity index (χ1) is 8.72. The second kappa shape index (κ2) is 5.85. The molecule has 1 fully saturated rings. The first-order valence-corrected chi connectivity index (χ1v) is 6.15. The van der Waals surface area contributed by atoms with Crippen molar-refractivity contribution in [2.24, 2.45) is 0 Å². The van der Waals surface area contributed by atoms with Gasteiger partial charge in [0.1, 0.15) is 0 Å². The lowest BCUT2D eigenvalue weighted by atomic mass is 10.2. The van der Waals surface area contributed by atoms with Crippen LogP contribution in [0.4, 0.5) is 0 Å². The predicted octanol–water partition coefficient (Wildman–Crippen LogP) is 1.13. The fourth-order valence-electron chi connectivity index (χ4n) is 1.94. The van der Waals surface area contributed by atoms with E-state index in [2.05, 4.69) is 15.8 Å². The quantitative estimate of drug-likeness (QED) is 0.751. The minimum atomic E-state index is -0.0616. The van der Waals surface area contributed by atoms with Crippen molar-refractivity contribution in [1.82, 2.24) is 14.8 Å². The molecule has 1 aliphatic rings. The topological polar surface area (TPSA) is 36.4 Å². The van der Waals surface area contributed by atoms with Crippen LogP contribution in [-0.4, -0.2) is 53.4 Å². The summed E-state index contributed by atoms with van der Waals surface area (Å²) in [6, 6.07) is 1.63. The van der Waals surface area contributed by atoms with Gasteiger partial charge in [-0.2, -0.15) is 0 Å². The number of pyridine rings is 1. The van der Waals surface area contributed by atoms with E-state index in [9.17, 15) is 4.79 Å². The Labute approximate surface area is 112 Å². The van der Waals surface area contributed by atoms with E-state index < -0.39 is 0 Å². The molecule has 2 rings (SSSR count). The van der Waals surface area contributed by atoms with Crippen LogP contribution in [0.1, 0.15) is 10.4 Å². The molecule has 0 aromatic carbocycles. The van der Waals surface area contributed by atoms with Gasteiger partial charge in [0, 0.05) is 38.6 Å². The maximum Gasteiger partial charge on any atom is 0.257 e. The van der Waals surface area contributed by atoms with Crippen LogP contribution in [0.2, 0.25) is 5.02 Å². The number of piperazine rings is 1. The average Bonchev–Trinajstić information content (AvgIpc) is 2.40. The third-order valence-electron chi connectivity index (χ3n) is 2.97. The first kappa shape index (κ1) is 12.9. The van der Waals surface area contributed by atoms with Gasteiger partial charge < -0.3 is 4.90 Å². The van der Waals surface area contributed by atoms with Gasteiger partial charge >= 0.3 is 0 Å². The number of carbonyl (C=O) groups excluding carboxylic acids is 1. The normalized spacial score (nSPS) is 16.3.